The molecule has 0 aliphatic heterocycles. The first kappa shape index (κ1) is 16.5. The zero-order valence-corrected chi connectivity index (χ0v) is 13.7. The van der Waals surface area contributed by atoms with Gasteiger partial charge in [-0.1, -0.05) is 47.6 Å². The third-order valence-corrected chi connectivity index (χ3v) is 3.22. The van der Waals surface area contributed by atoms with Gasteiger partial charge < -0.3 is 9.47 Å². The fourth-order valence-electron chi connectivity index (χ4n) is 1.75. The van der Waals surface area contributed by atoms with Gasteiger partial charge in [0.25, 0.3) is 0 Å². The molecule has 1 rings (SSSR count). The molecule has 0 radical (unpaired) electrons. The van der Waals surface area contributed by atoms with Gasteiger partial charge in [-0.25, -0.2) is 4.79 Å². The lowest BCUT2D eigenvalue weighted by molar-refractivity contribution is -0.142. The summed E-state index contributed by atoms with van der Waals surface area (Å²) in [5, 5.41) is 0. The van der Waals surface area contributed by atoms with Crippen LogP contribution >= 0.6 is 0 Å². The smallest absolute Gasteiger partial charge is 0.343 e. The van der Waals surface area contributed by atoms with Gasteiger partial charge in [-0.3, -0.25) is 0 Å². The summed E-state index contributed by atoms with van der Waals surface area (Å²) < 4.78 is 10.2. The Balaban J connectivity index is 3.14. The molecular weight excluding hydrogens is 252 g/mol. The molecule has 0 saturated carbocycles. The van der Waals surface area contributed by atoms with E-state index in [1.165, 1.54) is 18.2 Å². The topological polar surface area (TPSA) is 35.5 Å². The molecule has 0 saturated heterocycles. The Kier molecular flexibility index (Phi) is 4.85. The van der Waals surface area contributed by atoms with Crippen molar-refractivity contribution in [2.75, 3.05) is 13.7 Å². The van der Waals surface area contributed by atoms with Crippen molar-refractivity contribution in [1.82, 2.24) is 0 Å². The van der Waals surface area contributed by atoms with Gasteiger partial charge in [-0.05, 0) is 34.1 Å². The van der Waals surface area contributed by atoms with E-state index in [4.69, 9.17) is 4.74 Å². The normalized spacial score (nSPS) is 12.2. The van der Waals surface area contributed by atoms with Crippen LogP contribution in [0.5, 0.6) is 5.75 Å². The van der Waals surface area contributed by atoms with Crippen molar-refractivity contribution in [3.05, 3.63) is 29.3 Å². The second-order valence-electron chi connectivity index (χ2n) is 7.11. The number of rotatable bonds is 3. The first-order chi connectivity index (χ1) is 9.04. The van der Waals surface area contributed by atoms with Crippen LogP contribution < -0.4 is 4.74 Å². The lowest BCUT2D eigenvalue weighted by atomic mass is 9.80. The van der Waals surface area contributed by atoms with E-state index in [0.717, 1.165) is 0 Å². The molecule has 1 aromatic carbocycles. The minimum atomic E-state index is -0.372. The van der Waals surface area contributed by atoms with E-state index in [2.05, 4.69) is 52.3 Å². The second-order valence-corrected chi connectivity index (χ2v) is 7.11. The van der Waals surface area contributed by atoms with Crippen LogP contribution in [0, 0.1) is 0 Å². The standard InChI is InChI=1S/C17H26O3/c1-16(2,3)12-8-13(17(4,5)6)10-14(9-12)20-11-15(18)19-7/h8-10H,11H2,1-7H3. The van der Waals surface area contributed by atoms with E-state index >= 15 is 0 Å². The largest absolute Gasteiger partial charge is 0.482 e. The zero-order chi connectivity index (χ0) is 15.6. The Morgan fingerprint density at radius 1 is 0.950 bits per heavy atom. The van der Waals surface area contributed by atoms with E-state index in [0.29, 0.717) is 5.75 Å². The van der Waals surface area contributed by atoms with Crippen LogP contribution in [0.15, 0.2) is 18.2 Å². The maximum absolute atomic E-state index is 11.2. The summed E-state index contributed by atoms with van der Waals surface area (Å²) in [5.74, 6) is 0.344. The monoisotopic (exact) mass is 278 g/mol. The van der Waals surface area contributed by atoms with Crippen LogP contribution in [0.25, 0.3) is 0 Å². The summed E-state index contributed by atoms with van der Waals surface area (Å²) in [6.45, 7) is 12.9. The highest BCUT2D eigenvalue weighted by Crippen LogP contribution is 2.32. The Bertz CT molecular complexity index is 444. The zero-order valence-electron chi connectivity index (χ0n) is 13.7. The van der Waals surface area contributed by atoms with Gasteiger partial charge in [-0.2, -0.15) is 0 Å². The van der Waals surface area contributed by atoms with Gasteiger partial charge in [0.2, 0.25) is 0 Å². The van der Waals surface area contributed by atoms with Gasteiger partial charge in [-0.15, -0.1) is 0 Å². The van der Waals surface area contributed by atoms with Crippen LogP contribution in [0.1, 0.15) is 52.7 Å². The highest BCUT2D eigenvalue weighted by atomic mass is 16.6. The summed E-state index contributed by atoms with van der Waals surface area (Å²) in [6.07, 6.45) is 0. The minimum absolute atomic E-state index is 0.0324. The molecule has 0 fully saturated rings. The van der Waals surface area contributed by atoms with Crippen molar-refractivity contribution in [2.24, 2.45) is 0 Å². The van der Waals surface area contributed by atoms with Gasteiger partial charge in [0, 0.05) is 0 Å². The lowest BCUT2D eigenvalue weighted by Gasteiger charge is -2.26. The van der Waals surface area contributed by atoms with Gasteiger partial charge >= 0.3 is 5.97 Å². The summed E-state index contributed by atoms with van der Waals surface area (Å²) >= 11 is 0. The van der Waals surface area contributed by atoms with Gasteiger partial charge in [0.05, 0.1) is 7.11 Å². The van der Waals surface area contributed by atoms with Crippen molar-refractivity contribution in [3.8, 4) is 5.75 Å². The summed E-state index contributed by atoms with van der Waals surface area (Å²) in [7, 11) is 1.36. The fraction of sp³-hybridized carbons (Fsp3) is 0.588. The fourth-order valence-corrected chi connectivity index (χ4v) is 1.75. The molecule has 0 spiro atoms. The number of benzene rings is 1. The van der Waals surface area contributed by atoms with E-state index in [1.807, 2.05) is 12.1 Å². The first-order valence-corrected chi connectivity index (χ1v) is 6.89. The third kappa shape index (κ3) is 4.55. The number of methoxy groups -OCH3 is 1. The SMILES string of the molecule is COC(=O)COc1cc(C(C)(C)C)cc(C(C)(C)C)c1. The van der Waals surface area contributed by atoms with Crippen LogP contribution in [-0.2, 0) is 20.4 Å². The van der Waals surface area contributed by atoms with Crippen LogP contribution in [-0.4, -0.2) is 19.7 Å². The van der Waals surface area contributed by atoms with E-state index in [1.54, 1.807) is 0 Å². The number of esters is 1. The maximum Gasteiger partial charge on any atom is 0.343 e. The highest BCUT2D eigenvalue weighted by Gasteiger charge is 2.21. The highest BCUT2D eigenvalue weighted by molar-refractivity contribution is 5.70. The van der Waals surface area contributed by atoms with Crippen LogP contribution in [0.2, 0.25) is 0 Å². The second kappa shape index (κ2) is 5.86. The molecule has 3 nitrogen and oxygen atoms in total. The molecule has 0 N–H and O–H groups in total. The Morgan fingerprint density at radius 2 is 1.40 bits per heavy atom. The first-order valence-electron chi connectivity index (χ1n) is 6.89. The Hall–Kier alpha value is -1.51. The molecule has 0 atom stereocenters. The molecule has 0 unspecified atom stereocenters. The van der Waals surface area contributed by atoms with Crippen molar-refractivity contribution in [2.45, 2.75) is 52.4 Å². The lowest BCUT2D eigenvalue weighted by Crippen LogP contribution is -2.18. The van der Waals surface area contributed by atoms with Crippen molar-refractivity contribution in [1.29, 1.82) is 0 Å². The number of hydrogen-bond acceptors (Lipinski definition) is 3. The molecule has 0 heterocycles. The van der Waals surface area contributed by atoms with Crippen molar-refractivity contribution >= 4 is 5.97 Å². The van der Waals surface area contributed by atoms with Crippen LogP contribution in [0.4, 0.5) is 0 Å². The predicted octanol–water partition coefficient (Wildman–Crippen LogP) is 3.83. The summed E-state index contributed by atoms with van der Waals surface area (Å²) in [5.41, 5.74) is 2.46. The number of carbonyl (C=O) groups is 1. The van der Waals surface area contributed by atoms with Crippen molar-refractivity contribution in [3.63, 3.8) is 0 Å². The Labute approximate surface area is 122 Å². The van der Waals surface area contributed by atoms with E-state index in [-0.39, 0.29) is 23.4 Å². The van der Waals surface area contributed by atoms with Crippen LogP contribution in [0.3, 0.4) is 0 Å². The molecule has 112 valence electrons. The molecule has 20 heavy (non-hydrogen) atoms. The molecular formula is C17H26O3. The number of ether oxygens (including phenoxy) is 2. The van der Waals surface area contributed by atoms with Gasteiger partial charge in [0.1, 0.15) is 5.75 Å². The predicted molar refractivity (Wildman–Crippen MR) is 81.4 cm³/mol. The molecule has 0 aliphatic rings. The number of hydrogen-bond donors (Lipinski definition) is 0. The van der Waals surface area contributed by atoms with Gasteiger partial charge in [0.15, 0.2) is 6.61 Å². The average molecular weight is 278 g/mol. The number of carbonyl (C=O) groups excluding carboxylic acids is 1. The molecule has 0 amide bonds. The minimum Gasteiger partial charge on any atom is -0.482 e. The third-order valence-electron chi connectivity index (χ3n) is 3.22. The van der Waals surface area contributed by atoms with E-state index < -0.39 is 0 Å². The molecule has 0 aromatic heterocycles. The quantitative estimate of drug-likeness (QED) is 0.788. The molecule has 1 aromatic rings. The van der Waals surface area contributed by atoms with Crippen molar-refractivity contribution < 1.29 is 14.3 Å². The maximum atomic E-state index is 11.2. The molecule has 0 aliphatic carbocycles. The summed E-state index contributed by atoms with van der Waals surface area (Å²) in [4.78, 5) is 11.2. The Morgan fingerprint density at radius 3 is 1.75 bits per heavy atom. The molecule has 3 heteroatoms. The summed E-state index contributed by atoms with van der Waals surface area (Å²) in [6, 6.07) is 6.21. The van der Waals surface area contributed by atoms with E-state index in [9.17, 15) is 4.79 Å². The molecule has 0 bridgehead atoms. The average Bonchev–Trinajstić information content (AvgIpc) is 2.33.